The molecule has 0 aliphatic rings. The van der Waals surface area contributed by atoms with E-state index in [2.05, 4.69) is 20.9 Å². The lowest BCUT2D eigenvalue weighted by Gasteiger charge is -2.10. The predicted octanol–water partition coefficient (Wildman–Crippen LogP) is 1.95. The molecule has 0 fully saturated rings. The van der Waals surface area contributed by atoms with Crippen LogP contribution in [0.1, 0.15) is 12.5 Å². The number of imidazole rings is 1. The lowest BCUT2D eigenvalue weighted by Crippen LogP contribution is -2.40. The van der Waals surface area contributed by atoms with Crippen LogP contribution in [0.15, 0.2) is 38.6 Å². The number of hydrogen-bond acceptors (Lipinski definition) is 4. The van der Waals surface area contributed by atoms with E-state index >= 15 is 0 Å². The highest BCUT2D eigenvalue weighted by Gasteiger charge is 2.20. The molecule has 0 aliphatic heterocycles. The molecular formula is C16H14BrClN4O3. The van der Waals surface area contributed by atoms with Gasteiger partial charge in [0.15, 0.2) is 15.9 Å². The zero-order valence-electron chi connectivity index (χ0n) is 13.5. The average Bonchev–Trinajstić information content (AvgIpc) is 2.86. The molecular weight excluding hydrogens is 412 g/mol. The Hall–Kier alpha value is -2.19. The summed E-state index contributed by atoms with van der Waals surface area (Å²) < 4.78 is 4.19. The molecule has 25 heavy (non-hydrogen) atoms. The van der Waals surface area contributed by atoms with Crippen molar-refractivity contribution in [1.82, 2.24) is 18.7 Å². The number of rotatable bonds is 4. The second kappa shape index (κ2) is 6.61. The third-order valence-corrected chi connectivity index (χ3v) is 4.64. The van der Waals surface area contributed by atoms with Gasteiger partial charge in [-0.3, -0.25) is 18.7 Å². The number of ketones is 1. The fourth-order valence-electron chi connectivity index (χ4n) is 2.67. The fourth-order valence-corrected chi connectivity index (χ4v) is 3.35. The second-order valence-corrected chi connectivity index (χ2v) is 6.85. The summed E-state index contributed by atoms with van der Waals surface area (Å²) in [5, 5.41) is 0.521. The van der Waals surface area contributed by atoms with Crippen LogP contribution in [0.25, 0.3) is 11.2 Å². The maximum atomic E-state index is 12.9. The Morgan fingerprint density at radius 1 is 1.28 bits per heavy atom. The van der Waals surface area contributed by atoms with Crippen LogP contribution in [0.2, 0.25) is 5.02 Å². The van der Waals surface area contributed by atoms with Crippen molar-refractivity contribution in [3.8, 4) is 0 Å². The monoisotopic (exact) mass is 424 g/mol. The molecule has 9 heteroatoms. The number of carbonyl (C=O) groups is 1. The molecule has 0 atom stereocenters. The maximum Gasteiger partial charge on any atom is 0.332 e. The molecule has 3 rings (SSSR count). The van der Waals surface area contributed by atoms with E-state index in [1.54, 1.807) is 24.3 Å². The van der Waals surface area contributed by atoms with Crippen molar-refractivity contribution in [1.29, 1.82) is 0 Å². The lowest BCUT2D eigenvalue weighted by molar-refractivity contribution is -0.117. The summed E-state index contributed by atoms with van der Waals surface area (Å²) in [6.07, 6.45) is 0. The third kappa shape index (κ3) is 3.19. The van der Waals surface area contributed by atoms with Crippen LogP contribution < -0.4 is 11.2 Å². The molecule has 0 saturated heterocycles. The van der Waals surface area contributed by atoms with Gasteiger partial charge >= 0.3 is 5.69 Å². The van der Waals surface area contributed by atoms with Crippen LogP contribution in [0.4, 0.5) is 0 Å². The third-order valence-electron chi connectivity index (χ3n) is 3.80. The summed E-state index contributed by atoms with van der Waals surface area (Å²) in [6.45, 7) is 1.48. The second-order valence-electron chi connectivity index (χ2n) is 5.70. The highest BCUT2D eigenvalue weighted by atomic mass is 79.9. The van der Waals surface area contributed by atoms with Gasteiger partial charge in [-0.15, -0.1) is 0 Å². The average molecular weight is 426 g/mol. The minimum absolute atomic E-state index is 0.0122. The molecule has 0 bridgehead atoms. The van der Waals surface area contributed by atoms with Gasteiger partial charge in [-0.05, 0) is 40.5 Å². The number of benzene rings is 1. The van der Waals surface area contributed by atoms with E-state index in [0.29, 0.717) is 9.76 Å². The molecule has 2 aromatic heterocycles. The summed E-state index contributed by atoms with van der Waals surface area (Å²) in [5.41, 5.74) is 0.161. The topological polar surface area (TPSA) is 78.9 Å². The van der Waals surface area contributed by atoms with Gasteiger partial charge in [-0.2, -0.15) is 0 Å². The van der Waals surface area contributed by atoms with Crippen LogP contribution in [0, 0.1) is 0 Å². The van der Waals surface area contributed by atoms with Crippen LogP contribution >= 0.6 is 27.5 Å². The smallest absolute Gasteiger partial charge is 0.305 e. The number of halogens is 2. The molecule has 3 aromatic rings. The van der Waals surface area contributed by atoms with E-state index < -0.39 is 11.2 Å². The molecule has 7 nitrogen and oxygen atoms in total. The van der Waals surface area contributed by atoms with Gasteiger partial charge in [0, 0.05) is 12.1 Å². The van der Waals surface area contributed by atoms with Crippen LogP contribution in [-0.4, -0.2) is 24.5 Å². The molecule has 130 valence electrons. The summed E-state index contributed by atoms with van der Waals surface area (Å²) in [4.78, 5) is 41.3. The quantitative estimate of drug-likeness (QED) is 0.599. The molecule has 2 heterocycles. The molecule has 0 aliphatic carbocycles. The van der Waals surface area contributed by atoms with Crippen LogP contribution in [0.5, 0.6) is 0 Å². The standard InChI is InChI=1S/C16H14BrClN4O3/c1-9(23)7-21-12-13(19-15(21)17)20(2)16(25)22(14(12)24)8-10-4-3-5-11(18)6-10/h3-6H,7-8H2,1-2H3. The van der Waals surface area contributed by atoms with Crippen molar-refractivity contribution in [2.75, 3.05) is 0 Å². The highest BCUT2D eigenvalue weighted by molar-refractivity contribution is 9.10. The van der Waals surface area contributed by atoms with Gasteiger partial charge < -0.3 is 4.57 Å². The molecule has 0 amide bonds. The Labute approximate surface area is 155 Å². The minimum Gasteiger partial charge on any atom is -0.305 e. The predicted molar refractivity (Wildman–Crippen MR) is 98.2 cm³/mol. The SMILES string of the molecule is CC(=O)Cn1c(Br)nc2c1c(=O)n(Cc1cccc(Cl)c1)c(=O)n2C. The van der Waals surface area contributed by atoms with Crippen molar-refractivity contribution in [3.63, 3.8) is 0 Å². The Morgan fingerprint density at radius 2 is 2.00 bits per heavy atom. The van der Waals surface area contributed by atoms with E-state index in [1.165, 1.54) is 23.1 Å². The van der Waals surface area contributed by atoms with Gasteiger partial charge in [0.25, 0.3) is 5.56 Å². The van der Waals surface area contributed by atoms with E-state index in [4.69, 9.17) is 11.6 Å². The van der Waals surface area contributed by atoms with Crippen molar-refractivity contribution in [2.45, 2.75) is 20.0 Å². The zero-order chi connectivity index (χ0) is 18.3. The van der Waals surface area contributed by atoms with Crippen LogP contribution in [0.3, 0.4) is 0 Å². The first-order valence-electron chi connectivity index (χ1n) is 7.39. The number of carbonyl (C=O) groups excluding carboxylic acids is 1. The Balaban J connectivity index is 2.28. The van der Waals surface area contributed by atoms with Gasteiger partial charge in [-0.25, -0.2) is 9.78 Å². The molecule has 0 radical (unpaired) electrons. The largest absolute Gasteiger partial charge is 0.332 e. The number of aryl methyl sites for hydroxylation is 1. The van der Waals surface area contributed by atoms with Crippen molar-refractivity contribution in [2.24, 2.45) is 7.05 Å². The maximum absolute atomic E-state index is 12.9. The first-order chi connectivity index (χ1) is 11.8. The lowest BCUT2D eigenvalue weighted by atomic mass is 10.2. The molecule has 0 unspecified atom stereocenters. The summed E-state index contributed by atoms with van der Waals surface area (Å²) >= 11 is 9.22. The minimum atomic E-state index is -0.502. The highest BCUT2D eigenvalue weighted by Crippen LogP contribution is 2.17. The Morgan fingerprint density at radius 3 is 2.64 bits per heavy atom. The number of hydrogen-bond donors (Lipinski definition) is 0. The number of Topliss-reactive ketones (excluding diaryl/α,β-unsaturated/α-hetero) is 1. The normalized spacial score (nSPS) is 11.2. The number of nitrogens with zero attached hydrogens (tertiary/aromatic N) is 4. The first kappa shape index (κ1) is 17.6. The zero-order valence-corrected chi connectivity index (χ0v) is 15.8. The van der Waals surface area contributed by atoms with Gasteiger partial charge in [0.1, 0.15) is 5.78 Å². The molecule has 0 N–H and O–H groups in total. The Bertz CT molecular complexity index is 1110. The van der Waals surface area contributed by atoms with E-state index in [0.717, 1.165) is 10.1 Å². The first-order valence-corrected chi connectivity index (χ1v) is 8.56. The molecule has 0 spiro atoms. The fraction of sp³-hybridized carbons (Fsp3) is 0.250. The van der Waals surface area contributed by atoms with Crippen molar-refractivity contribution >= 4 is 44.5 Å². The number of fused-ring (bicyclic) bond motifs is 1. The molecule has 1 aromatic carbocycles. The van der Waals surface area contributed by atoms with E-state index in [-0.39, 0.29) is 30.0 Å². The Kier molecular flexibility index (Phi) is 4.66. The number of aromatic nitrogens is 4. The van der Waals surface area contributed by atoms with Crippen molar-refractivity contribution < 1.29 is 4.79 Å². The van der Waals surface area contributed by atoms with Gasteiger partial charge in [0.2, 0.25) is 0 Å². The summed E-state index contributed by atoms with van der Waals surface area (Å²) in [5.74, 6) is -0.130. The van der Waals surface area contributed by atoms with E-state index in [9.17, 15) is 14.4 Å². The van der Waals surface area contributed by atoms with Crippen molar-refractivity contribution in [3.05, 3.63) is 60.4 Å². The van der Waals surface area contributed by atoms with Gasteiger partial charge in [-0.1, -0.05) is 23.7 Å². The molecule has 0 saturated carbocycles. The van der Waals surface area contributed by atoms with E-state index in [1.807, 2.05) is 0 Å². The van der Waals surface area contributed by atoms with Crippen LogP contribution in [-0.2, 0) is 24.9 Å². The summed E-state index contributed by atoms with van der Waals surface area (Å²) in [6, 6.07) is 6.95. The summed E-state index contributed by atoms with van der Waals surface area (Å²) in [7, 11) is 1.54. The van der Waals surface area contributed by atoms with Gasteiger partial charge in [0.05, 0.1) is 13.1 Å².